The zero-order valence-electron chi connectivity index (χ0n) is 12.0. The highest BCUT2D eigenvalue weighted by Gasteiger charge is 2.37. The van der Waals surface area contributed by atoms with Crippen molar-refractivity contribution in [1.82, 2.24) is 4.90 Å². The van der Waals surface area contributed by atoms with Crippen LogP contribution in [0, 0.1) is 23.2 Å². The number of hydrogen-bond acceptors (Lipinski definition) is 4. The van der Waals surface area contributed by atoms with Crippen LogP contribution in [0.4, 0.5) is 0 Å². The molecule has 1 saturated carbocycles. The van der Waals surface area contributed by atoms with Gasteiger partial charge in [-0.3, -0.25) is 9.59 Å². The molecule has 0 aromatic carbocycles. The second-order valence-corrected chi connectivity index (χ2v) is 5.86. The van der Waals surface area contributed by atoms with E-state index in [0.29, 0.717) is 19.4 Å². The molecule has 0 aromatic heterocycles. The highest BCUT2D eigenvalue weighted by molar-refractivity contribution is 5.85. The zero-order chi connectivity index (χ0) is 14.7. The lowest BCUT2D eigenvalue weighted by atomic mass is 9.78. The van der Waals surface area contributed by atoms with Crippen LogP contribution < -0.4 is 11.5 Å². The molecule has 2 rings (SSSR count). The van der Waals surface area contributed by atoms with Crippen LogP contribution in [-0.2, 0) is 9.59 Å². The van der Waals surface area contributed by atoms with E-state index >= 15 is 0 Å². The van der Waals surface area contributed by atoms with Crippen molar-refractivity contribution >= 4 is 24.2 Å². The summed E-state index contributed by atoms with van der Waals surface area (Å²) in [6, 6.07) is 1.28. The first kappa shape index (κ1) is 17.7. The van der Waals surface area contributed by atoms with Crippen molar-refractivity contribution in [2.24, 2.45) is 23.3 Å². The van der Waals surface area contributed by atoms with Crippen LogP contribution >= 0.6 is 12.4 Å². The number of carbonyl (C=O) groups excluding carboxylic acids is 2. The van der Waals surface area contributed by atoms with Crippen molar-refractivity contribution in [3.05, 3.63) is 0 Å². The minimum absolute atomic E-state index is 0. The molecule has 1 saturated heterocycles. The van der Waals surface area contributed by atoms with E-state index in [2.05, 4.69) is 6.07 Å². The minimum Gasteiger partial charge on any atom is -0.369 e. The molecule has 0 radical (unpaired) electrons. The maximum Gasteiger partial charge on any atom is 0.240 e. The summed E-state index contributed by atoms with van der Waals surface area (Å²) in [5.41, 5.74) is 11.4. The molecule has 7 heteroatoms. The van der Waals surface area contributed by atoms with E-state index in [0.717, 1.165) is 25.7 Å². The molecule has 0 spiro atoms. The third-order valence-electron chi connectivity index (χ3n) is 4.65. The topological polar surface area (TPSA) is 113 Å². The van der Waals surface area contributed by atoms with Crippen LogP contribution in [0.15, 0.2) is 0 Å². The average molecular weight is 315 g/mol. The van der Waals surface area contributed by atoms with E-state index in [4.69, 9.17) is 16.7 Å². The molecule has 0 bridgehead atoms. The summed E-state index contributed by atoms with van der Waals surface area (Å²) in [4.78, 5) is 25.1. The molecule has 0 aromatic rings. The zero-order valence-corrected chi connectivity index (χ0v) is 12.8. The largest absolute Gasteiger partial charge is 0.369 e. The number of nitrogens with zero attached hydrogens (tertiary/aromatic N) is 2. The molecule has 118 valence electrons. The van der Waals surface area contributed by atoms with Crippen LogP contribution in [0.1, 0.15) is 38.5 Å². The molecular weight excluding hydrogens is 292 g/mol. The second kappa shape index (κ2) is 7.62. The van der Waals surface area contributed by atoms with Crippen LogP contribution in [0.2, 0.25) is 0 Å². The van der Waals surface area contributed by atoms with E-state index in [-0.39, 0.29) is 42.1 Å². The average Bonchev–Trinajstić information content (AvgIpc) is 2.94. The third kappa shape index (κ3) is 3.86. The van der Waals surface area contributed by atoms with Crippen molar-refractivity contribution in [3.63, 3.8) is 0 Å². The highest BCUT2D eigenvalue weighted by atomic mass is 35.5. The number of nitrogens with two attached hydrogens (primary N) is 2. The number of rotatable bonds is 3. The van der Waals surface area contributed by atoms with Gasteiger partial charge in [0.1, 0.15) is 6.04 Å². The Morgan fingerprint density at radius 1 is 1.19 bits per heavy atom. The number of amides is 2. The van der Waals surface area contributed by atoms with E-state index < -0.39 is 6.04 Å². The van der Waals surface area contributed by atoms with Gasteiger partial charge in [0.25, 0.3) is 0 Å². The van der Waals surface area contributed by atoms with Gasteiger partial charge in [0.2, 0.25) is 11.8 Å². The molecule has 4 N–H and O–H groups in total. The van der Waals surface area contributed by atoms with Crippen molar-refractivity contribution in [1.29, 1.82) is 5.26 Å². The van der Waals surface area contributed by atoms with Gasteiger partial charge in [-0.05, 0) is 44.4 Å². The van der Waals surface area contributed by atoms with Gasteiger partial charge in [0, 0.05) is 12.5 Å². The molecule has 2 amide bonds. The van der Waals surface area contributed by atoms with Crippen molar-refractivity contribution < 1.29 is 9.59 Å². The predicted octanol–water partition coefficient (Wildman–Crippen LogP) is 0.542. The molecule has 6 nitrogen and oxygen atoms in total. The summed E-state index contributed by atoms with van der Waals surface area (Å²) in [5.74, 6) is -0.353. The number of primary amides is 1. The van der Waals surface area contributed by atoms with E-state index in [1.54, 1.807) is 4.90 Å². The number of likely N-dealkylation sites (tertiary alicyclic amines) is 1. The minimum atomic E-state index is -0.558. The van der Waals surface area contributed by atoms with Gasteiger partial charge in [-0.25, -0.2) is 0 Å². The number of nitriles is 1. The van der Waals surface area contributed by atoms with Gasteiger partial charge < -0.3 is 16.4 Å². The normalized spacial score (nSPS) is 30.1. The van der Waals surface area contributed by atoms with E-state index in [1.807, 2.05) is 0 Å². The lowest BCUT2D eigenvalue weighted by molar-refractivity contribution is -0.134. The molecule has 2 aliphatic rings. The maximum atomic E-state index is 12.4. The van der Waals surface area contributed by atoms with Crippen molar-refractivity contribution in [3.8, 4) is 6.07 Å². The molecule has 1 aliphatic carbocycles. The molecule has 21 heavy (non-hydrogen) atoms. The third-order valence-corrected chi connectivity index (χ3v) is 4.65. The lowest BCUT2D eigenvalue weighted by Gasteiger charge is -2.32. The molecular formula is C14H23ClN4O2. The Morgan fingerprint density at radius 3 is 2.33 bits per heavy atom. The predicted molar refractivity (Wildman–Crippen MR) is 80.2 cm³/mol. The maximum absolute atomic E-state index is 12.4. The number of halogens is 1. The highest BCUT2D eigenvalue weighted by Crippen LogP contribution is 2.31. The van der Waals surface area contributed by atoms with Gasteiger partial charge in [-0.2, -0.15) is 5.26 Å². The fourth-order valence-corrected chi connectivity index (χ4v) is 3.32. The Hall–Kier alpha value is -1.32. The molecule has 1 heterocycles. The molecule has 0 unspecified atom stereocenters. The summed E-state index contributed by atoms with van der Waals surface area (Å²) in [5, 5.41) is 9.04. The van der Waals surface area contributed by atoms with Gasteiger partial charge in [-0.15, -0.1) is 12.4 Å². The SMILES string of the molecule is Cl.N#C[C@@H]1CCCN1C(=O)[C@@H](N)C1CCC(C(N)=O)CC1. The summed E-state index contributed by atoms with van der Waals surface area (Å²) < 4.78 is 0. The summed E-state index contributed by atoms with van der Waals surface area (Å²) in [7, 11) is 0. The smallest absolute Gasteiger partial charge is 0.240 e. The van der Waals surface area contributed by atoms with Gasteiger partial charge in [-0.1, -0.05) is 0 Å². The first-order valence-corrected chi connectivity index (χ1v) is 7.29. The first-order chi connectivity index (χ1) is 9.54. The molecule has 2 fully saturated rings. The van der Waals surface area contributed by atoms with Gasteiger partial charge in [0.05, 0.1) is 12.1 Å². The lowest BCUT2D eigenvalue weighted by Crippen LogP contribution is -2.50. The standard InChI is InChI=1S/C14H22N4O2.ClH/c15-8-11-2-1-7-18(11)14(20)12(16)9-3-5-10(6-4-9)13(17)19;/h9-12H,1-7,16H2,(H2,17,19);1H/t9?,10?,11-,12-;/m0./s1. The Balaban J connectivity index is 0.00000220. The monoisotopic (exact) mass is 314 g/mol. The fourth-order valence-electron chi connectivity index (χ4n) is 3.32. The quantitative estimate of drug-likeness (QED) is 0.791. The Kier molecular flexibility index (Phi) is 6.43. The number of carbonyl (C=O) groups is 2. The Bertz CT molecular complexity index is 429. The van der Waals surface area contributed by atoms with Crippen LogP contribution in [0.5, 0.6) is 0 Å². The van der Waals surface area contributed by atoms with Crippen molar-refractivity contribution in [2.45, 2.75) is 50.6 Å². The summed E-state index contributed by atoms with van der Waals surface area (Å²) in [6.07, 6.45) is 4.54. The second-order valence-electron chi connectivity index (χ2n) is 5.86. The number of hydrogen-bond donors (Lipinski definition) is 2. The van der Waals surface area contributed by atoms with Crippen LogP contribution in [0.25, 0.3) is 0 Å². The van der Waals surface area contributed by atoms with Crippen LogP contribution in [0.3, 0.4) is 0 Å². The van der Waals surface area contributed by atoms with E-state index in [1.165, 1.54) is 0 Å². The first-order valence-electron chi connectivity index (χ1n) is 7.29. The van der Waals surface area contributed by atoms with Gasteiger partial charge in [0.15, 0.2) is 0 Å². The fraction of sp³-hybridized carbons (Fsp3) is 0.786. The molecule has 2 atom stereocenters. The van der Waals surface area contributed by atoms with Gasteiger partial charge >= 0.3 is 0 Å². The molecule has 1 aliphatic heterocycles. The Morgan fingerprint density at radius 2 is 1.81 bits per heavy atom. The summed E-state index contributed by atoms with van der Waals surface area (Å²) in [6.45, 7) is 0.626. The summed E-state index contributed by atoms with van der Waals surface area (Å²) >= 11 is 0. The van der Waals surface area contributed by atoms with E-state index in [9.17, 15) is 9.59 Å². The Labute approximate surface area is 131 Å². The van der Waals surface area contributed by atoms with Crippen molar-refractivity contribution in [2.75, 3.05) is 6.54 Å². The van der Waals surface area contributed by atoms with Crippen LogP contribution in [-0.4, -0.2) is 35.3 Å².